The zero-order valence-corrected chi connectivity index (χ0v) is 27.7. The van der Waals surface area contributed by atoms with Crippen molar-refractivity contribution >= 4 is 27.5 Å². The lowest BCUT2D eigenvalue weighted by molar-refractivity contribution is -0.140. The number of carbonyl (C=O) groups is 2. The minimum absolute atomic E-state index is 0.0619. The highest BCUT2D eigenvalue weighted by Crippen LogP contribution is 2.27. The summed E-state index contributed by atoms with van der Waals surface area (Å²) in [4.78, 5) is 30.5. The van der Waals surface area contributed by atoms with Crippen molar-refractivity contribution in [3.05, 3.63) is 131 Å². The van der Waals surface area contributed by atoms with E-state index in [1.165, 1.54) is 4.31 Å². The largest absolute Gasteiger partial charge is 0.352 e. The van der Waals surface area contributed by atoms with Crippen LogP contribution in [-0.2, 0) is 32.6 Å². The molecule has 240 valence electrons. The summed E-state index contributed by atoms with van der Waals surface area (Å²) in [7, 11) is -4.14. The molecular formula is C38H43N3O4S. The fourth-order valence-electron chi connectivity index (χ4n) is 6.04. The van der Waals surface area contributed by atoms with Gasteiger partial charge in [-0.25, -0.2) is 8.42 Å². The normalized spacial score (nSPS) is 14.1. The Labute approximate surface area is 273 Å². The SMILES string of the molecule is Cc1ccc(S(=O)(=O)N(CC(=O)N(Cc2ccccc2C)[C@@H](Cc2ccccc2)C(=O)NC2CCCC2)c2cccc(C)c2)cc1. The van der Waals surface area contributed by atoms with Crippen LogP contribution in [0, 0.1) is 20.8 Å². The summed E-state index contributed by atoms with van der Waals surface area (Å²) in [5, 5.41) is 3.22. The Balaban J connectivity index is 1.57. The van der Waals surface area contributed by atoms with Gasteiger partial charge >= 0.3 is 0 Å². The molecule has 0 unspecified atom stereocenters. The highest BCUT2D eigenvalue weighted by atomic mass is 32.2. The third kappa shape index (κ3) is 8.04. The molecule has 0 spiro atoms. The molecule has 7 nitrogen and oxygen atoms in total. The number of anilines is 1. The van der Waals surface area contributed by atoms with Gasteiger partial charge in [0.05, 0.1) is 10.6 Å². The Morgan fingerprint density at radius 2 is 1.48 bits per heavy atom. The Hall–Kier alpha value is -4.43. The molecule has 0 aliphatic heterocycles. The molecule has 46 heavy (non-hydrogen) atoms. The average molecular weight is 638 g/mol. The van der Waals surface area contributed by atoms with Crippen molar-refractivity contribution in [2.45, 2.75) is 76.4 Å². The number of nitrogens with one attached hydrogen (secondary N) is 1. The van der Waals surface area contributed by atoms with E-state index in [-0.39, 0.29) is 23.4 Å². The third-order valence-corrected chi connectivity index (χ3v) is 10.5. The molecule has 0 aromatic heterocycles. The number of benzene rings is 4. The summed E-state index contributed by atoms with van der Waals surface area (Å²) in [6.07, 6.45) is 4.23. The standard InChI is InChI=1S/C38H43N3O4S/c1-28-20-22-35(23-21-28)46(44,45)41(34-19-11-12-29(2)24-34)27-37(42)40(26-32-16-8-7-13-30(32)3)36(25-31-14-5-4-6-15-31)38(43)39-33-17-9-10-18-33/h4-8,11-16,19-24,33,36H,9-10,17-18,25-27H2,1-3H3,(H,39,43)/t36-/m0/s1. The number of aryl methyl sites for hydroxylation is 3. The van der Waals surface area contributed by atoms with E-state index < -0.39 is 28.5 Å². The summed E-state index contributed by atoms with van der Waals surface area (Å²) in [6, 6.07) is 30.4. The molecule has 2 amide bonds. The van der Waals surface area contributed by atoms with E-state index in [4.69, 9.17) is 0 Å². The number of nitrogens with zero attached hydrogens (tertiary/aromatic N) is 2. The van der Waals surface area contributed by atoms with Gasteiger partial charge in [-0.1, -0.05) is 97.3 Å². The average Bonchev–Trinajstić information content (AvgIpc) is 3.56. The molecule has 0 heterocycles. The molecule has 0 saturated heterocycles. The van der Waals surface area contributed by atoms with Crippen LogP contribution in [0.1, 0.15) is 53.5 Å². The Morgan fingerprint density at radius 3 is 2.15 bits per heavy atom. The van der Waals surface area contributed by atoms with Crippen molar-refractivity contribution in [1.29, 1.82) is 0 Å². The molecule has 4 aromatic rings. The van der Waals surface area contributed by atoms with E-state index in [2.05, 4.69) is 5.32 Å². The molecule has 1 aliphatic carbocycles. The van der Waals surface area contributed by atoms with Crippen LogP contribution in [0.5, 0.6) is 0 Å². The first-order valence-corrected chi connectivity index (χ1v) is 17.4. The van der Waals surface area contributed by atoms with Gasteiger partial charge in [-0.05, 0) is 80.1 Å². The van der Waals surface area contributed by atoms with Gasteiger partial charge in [-0.3, -0.25) is 13.9 Å². The van der Waals surface area contributed by atoms with Gasteiger partial charge in [0.1, 0.15) is 12.6 Å². The van der Waals surface area contributed by atoms with Gasteiger partial charge in [-0.15, -0.1) is 0 Å². The number of rotatable bonds is 12. The quantitative estimate of drug-likeness (QED) is 0.192. The van der Waals surface area contributed by atoms with Crippen LogP contribution in [0.2, 0.25) is 0 Å². The Kier molecular flexibility index (Phi) is 10.6. The second-order valence-electron chi connectivity index (χ2n) is 12.3. The number of hydrogen-bond acceptors (Lipinski definition) is 4. The molecule has 1 atom stereocenters. The molecule has 5 rings (SSSR count). The van der Waals surface area contributed by atoms with Crippen LogP contribution in [0.15, 0.2) is 108 Å². The van der Waals surface area contributed by atoms with E-state index in [1.54, 1.807) is 47.4 Å². The maximum Gasteiger partial charge on any atom is 0.264 e. The van der Waals surface area contributed by atoms with E-state index >= 15 is 0 Å². The second-order valence-corrected chi connectivity index (χ2v) is 14.2. The highest BCUT2D eigenvalue weighted by molar-refractivity contribution is 7.92. The number of amides is 2. The van der Waals surface area contributed by atoms with Crippen LogP contribution < -0.4 is 9.62 Å². The topological polar surface area (TPSA) is 86.8 Å². The van der Waals surface area contributed by atoms with Crippen LogP contribution in [-0.4, -0.2) is 43.8 Å². The zero-order chi connectivity index (χ0) is 32.7. The minimum atomic E-state index is -4.14. The molecule has 1 fully saturated rings. The highest BCUT2D eigenvalue weighted by Gasteiger charge is 2.35. The van der Waals surface area contributed by atoms with E-state index in [0.29, 0.717) is 12.1 Å². The maximum atomic E-state index is 14.7. The monoisotopic (exact) mass is 637 g/mol. The van der Waals surface area contributed by atoms with Crippen molar-refractivity contribution in [2.75, 3.05) is 10.8 Å². The van der Waals surface area contributed by atoms with Gasteiger partial charge < -0.3 is 10.2 Å². The van der Waals surface area contributed by atoms with Crippen molar-refractivity contribution in [3.8, 4) is 0 Å². The fourth-order valence-corrected chi connectivity index (χ4v) is 7.45. The predicted octanol–water partition coefficient (Wildman–Crippen LogP) is 6.51. The number of sulfonamides is 1. The van der Waals surface area contributed by atoms with E-state index in [0.717, 1.165) is 53.5 Å². The van der Waals surface area contributed by atoms with Crippen molar-refractivity contribution < 1.29 is 18.0 Å². The number of carbonyl (C=O) groups excluding carboxylic acids is 2. The van der Waals surface area contributed by atoms with Gasteiger partial charge in [-0.2, -0.15) is 0 Å². The van der Waals surface area contributed by atoms with Gasteiger partial charge in [0.2, 0.25) is 11.8 Å². The van der Waals surface area contributed by atoms with E-state index in [1.807, 2.05) is 81.4 Å². The van der Waals surface area contributed by atoms with Crippen LogP contribution in [0.25, 0.3) is 0 Å². The molecule has 4 aromatic carbocycles. The van der Waals surface area contributed by atoms with Gasteiger partial charge in [0.15, 0.2) is 0 Å². The van der Waals surface area contributed by atoms with Crippen LogP contribution in [0.3, 0.4) is 0 Å². The van der Waals surface area contributed by atoms with Crippen molar-refractivity contribution in [2.24, 2.45) is 0 Å². The van der Waals surface area contributed by atoms with Crippen LogP contribution in [0.4, 0.5) is 5.69 Å². The smallest absolute Gasteiger partial charge is 0.264 e. The molecular weight excluding hydrogens is 595 g/mol. The third-order valence-electron chi connectivity index (χ3n) is 8.75. The molecule has 1 N–H and O–H groups in total. The lowest BCUT2D eigenvalue weighted by atomic mass is 10.0. The fraction of sp³-hybridized carbons (Fsp3) is 0.316. The van der Waals surface area contributed by atoms with Gasteiger partial charge in [0.25, 0.3) is 10.0 Å². The summed E-state index contributed by atoms with van der Waals surface area (Å²) >= 11 is 0. The zero-order valence-electron chi connectivity index (χ0n) is 26.9. The van der Waals surface area contributed by atoms with Gasteiger partial charge in [0, 0.05) is 19.0 Å². The molecule has 0 radical (unpaired) electrons. The number of hydrogen-bond donors (Lipinski definition) is 1. The second kappa shape index (κ2) is 14.8. The summed E-state index contributed by atoms with van der Waals surface area (Å²) < 4.78 is 29.6. The molecule has 1 aliphatic rings. The summed E-state index contributed by atoms with van der Waals surface area (Å²) in [6.45, 7) is 5.45. The first-order chi connectivity index (χ1) is 22.1. The Morgan fingerprint density at radius 1 is 0.804 bits per heavy atom. The van der Waals surface area contributed by atoms with Crippen LogP contribution >= 0.6 is 0 Å². The maximum absolute atomic E-state index is 14.7. The molecule has 0 bridgehead atoms. The molecule has 1 saturated carbocycles. The van der Waals surface area contributed by atoms with E-state index in [9.17, 15) is 18.0 Å². The first kappa shape index (κ1) is 32.9. The summed E-state index contributed by atoms with van der Waals surface area (Å²) in [5.41, 5.74) is 4.98. The van der Waals surface area contributed by atoms with Crippen molar-refractivity contribution in [1.82, 2.24) is 10.2 Å². The minimum Gasteiger partial charge on any atom is -0.352 e. The Bertz CT molecular complexity index is 1750. The first-order valence-electron chi connectivity index (χ1n) is 16.0. The lowest BCUT2D eigenvalue weighted by Gasteiger charge is -2.34. The molecule has 8 heteroatoms. The predicted molar refractivity (Wildman–Crippen MR) is 183 cm³/mol. The summed E-state index contributed by atoms with van der Waals surface area (Å²) in [5.74, 6) is -0.677. The lowest BCUT2D eigenvalue weighted by Crippen LogP contribution is -2.54. The van der Waals surface area contributed by atoms with Crippen molar-refractivity contribution in [3.63, 3.8) is 0 Å².